The number of anilines is 1. The second-order valence-electron chi connectivity index (χ2n) is 4.97. The minimum absolute atomic E-state index is 0. The van der Waals surface area contributed by atoms with Crippen LogP contribution >= 0.6 is 24.8 Å². The molecule has 0 N–H and O–H groups in total. The quantitative estimate of drug-likeness (QED) is 0.841. The Morgan fingerprint density at radius 1 is 1.14 bits per heavy atom. The molecule has 0 saturated carbocycles. The van der Waals surface area contributed by atoms with Gasteiger partial charge in [-0.25, -0.2) is 0 Å². The Kier molecular flexibility index (Phi) is 6.84. The van der Waals surface area contributed by atoms with Gasteiger partial charge in [-0.05, 0) is 6.07 Å². The molecule has 7 heteroatoms. The van der Waals surface area contributed by atoms with Gasteiger partial charge in [0.15, 0.2) is 0 Å². The molecular weight excluding hydrogens is 323 g/mol. The zero-order chi connectivity index (χ0) is 13.9. The maximum absolute atomic E-state index is 11.7. The average Bonchev–Trinajstić information content (AvgIpc) is 2.54. The summed E-state index contributed by atoms with van der Waals surface area (Å²) in [5.41, 5.74) is 2.02. The summed E-state index contributed by atoms with van der Waals surface area (Å²) in [7, 11) is 0. The third-order valence-electron chi connectivity index (χ3n) is 3.80. The summed E-state index contributed by atoms with van der Waals surface area (Å²) in [6, 6.07) is 8.04. The van der Waals surface area contributed by atoms with Crippen molar-refractivity contribution in [2.75, 3.05) is 31.1 Å². The zero-order valence-corrected chi connectivity index (χ0v) is 14.1. The smallest absolute Gasteiger partial charge is 0.222 e. The highest BCUT2D eigenvalue weighted by atomic mass is 35.5. The first kappa shape index (κ1) is 18.5. The van der Waals surface area contributed by atoms with E-state index < -0.39 is 0 Å². The number of hydrogen-bond donors (Lipinski definition) is 0. The van der Waals surface area contributed by atoms with Crippen LogP contribution in [0.3, 0.4) is 0 Å². The molecule has 0 unspecified atom stereocenters. The van der Waals surface area contributed by atoms with E-state index in [-0.39, 0.29) is 30.7 Å². The first-order chi connectivity index (χ1) is 9.79. The summed E-state index contributed by atoms with van der Waals surface area (Å²) < 4.78 is 0. The number of carbonyl (C=O) groups is 1. The summed E-state index contributed by atoms with van der Waals surface area (Å²) >= 11 is 0. The van der Waals surface area contributed by atoms with E-state index in [1.165, 1.54) is 0 Å². The van der Waals surface area contributed by atoms with Gasteiger partial charge in [0.2, 0.25) is 5.91 Å². The van der Waals surface area contributed by atoms with E-state index in [1.54, 1.807) is 0 Å². The van der Waals surface area contributed by atoms with Gasteiger partial charge in [0, 0.05) is 38.0 Å². The summed E-state index contributed by atoms with van der Waals surface area (Å²) in [6.07, 6.45) is 2.40. The second-order valence-corrected chi connectivity index (χ2v) is 4.97. The Bertz CT molecular complexity index is 624. The minimum atomic E-state index is 0. The highest BCUT2D eigenvalue weighted by molar-refractivity contribution is 5.90. The van der Waals surface area contributed by atoms with E-state index in [4.69, 9.17) is 0 Å². The molecule has 3 rings (SSSR count). The standard InChI is InChI=1S/C15H18N4O.2ClH/c1-2-15(20)19-9-7-18(8-10-19)14-11-16-17-13-6-4-3-5-12(13)14;;/h3-6,11H,2,7-10H2,1H3;2*1H. The van der Waals surface area contributed by atoms with Crippen LogP contribution in [0.4, 0.5) is 5.69 Å². The fourth-order valence-corrected chi connectivity index (χ4v) is 2.67. The highest BCUT2D eigenvalue weighted by Gasteiger charge is 2.21. The Morgan fingerprint density at radius 3 is 2.50 bits per heavy atom. The summed E-state index contributed by atoms with van der Waals surface area (Å²) in [4.78, 5) is 15.9. The van der Waals surface area contributed by atoms with E-state index in [2.05, 4.69) is 21.2 Å². The van der Waals surface area contributed by atoms with E-state index >= 15 is 0 Å². The Balaban J connectivity index is 0.00000121. The normalized spacial score (nSPS) is 14.2. The third kappa shape index (κ3) is 3.59. The molecule has 0 atom stereocenters. The van der Waals surface area contributed by atoms with E-state index in [9.17, 15) is 4.79 Å². The molecule has 0 aliphatic carbocycles. The van der Waals surface area contributed by atoms with Gasteiger partial charge >= 0.3 is 0 Å². The Morgan fingerprint density at radius 2 is 1.82 bits per heavy atom. The Hall–Kier alpha value is -1.59. The van der Waals surface area contributed by atoms with Crippen molar-refractivity contribution in [2.45, 2.75) is 13.3 Å². The van der Waals surface area contributed by atoms with Gasteiger partial charge < -0.3 is 9.80 Å². The molecule has 0 bridgehead atoms. The third-order valence-corrected chi connectivity index (χ3v) is 3.80. The van der Waals surface area contributed by atoms with Gasteiger partial charge in [0.05, 0.1) is 17.4 Å². The SMILES string of the molecule is CCC(=O)N1CCN(c2cnnc3ccccc23)CC1.Cl.Cl. The molecule has 0 spiro atoms. The number of carbonyl (C=O) groups excluding carboxylic acids is 1. The van der Waals surface area contributed by atoms with Crippen LogP contribution in [0.25, 0.3) is 10.9 Å². The lowest BCUT2D eigenvalue weighted by Gasteiger charge is -2.36. The van der Waals surface area contributed by atoms with Gasteiger partial charge in [-0.15, -0.1) is 24.8 Å². The molecule has 2 heterocycles. The van der Waals surface area contributed by atoms with E-state index in [0.29, 0.717) is 6.42 Å². The topological polar surface area (TPSA) is 49.3 Å². The number of halogens is 2. The Labute approximate surface area is 142 Å². The van der Waals surface area contributed by atoms with Crippen LogP contribution in [0.2, 0.25) is 0 Å². The van der Waals surface area contributed by atoms with Crippen molar-refractivity contribution < 1.29 is 4.79 Å². The van der Waals surface area contributed by atoms with Crippen molar-refractivity contribution in [3.8, 4) is 0 Å². The van der Waals surface area contributed by atoms with Crippen LogP contribution in [-0.4, -0.2) is 47.2 Å². The van der Waals surface area contributed by atoms with Gasteiger partial charge in [0.25, 0.3) is 0 Å². The fraction of sp³-hybridized carbons (Fsp3) is 0.400. The van der Waals surface area contributed by atoms with Gasteiger partial charge in [-0.3, -0.25) is 4.79 Å². The number of piperazine rings is 1. The molecule has 1 aliphatic heterocycles. The molecule has 22 heavy (non-hydrogen) atoms. The van der Waals surface area contributed by atoms with Crippen molar-refractivity contribution in [2.24, 2.45) is 0 Å². The fourth-order valence-electron chi connectivity index (χ4n) is 2.67. The van der Waals surface area contributed by atoms with E-state index in [1.807, 2.05) is 36.2 Å². The maximum atomic E-state index is 11.7. The number of hydrogen-bond acceptors (Lipinski definition) is 4. The minimum Gasteiger partial charge on any atom is -0.366 e. The lowest BCUT2D eigenvalue weighted by Crippen LogP contribution is -2.48. The van der Waals surface area contributed by atoms with Crippen molar-refractivity contribution in [3.63, 3.8) is 0 Å². The summed E-state index contributed by atoms with van der Waals surface area (Å²) in [5, 5.41) is 9.36. The zero-order valence-electron chi connectivity index (χ0n) is 12.4. The number of rotatable bonds is 2. The molecule has 1 fully saturated rings. The number of fused-ring (bicyclic) bond motifs is 1. The molecule has 1 aliphatic rings. The van der Waals surface area contributed by atoms with Crippen LogP contribution < -0.4 is 4.90 Å². The maximum Gasteiger partial charge on any atom is 0.222 e. The molecular formula is C15H20Cl2N4O. The van der Waals surface area contributed by atoms with Gasteiger partial charge in [0.1, 0.15) is 0 Å². The lowest BCUT2D eigenvalue weighted by atomic mass is 10.1. The van der Waals surface area contributed by atoms with Crippen molar-refractivity contribution in [1.82, 2.24) is 15.1 Å². The highest BCUT2D eigenvalue weighted by Crippen LogP contribution is 2.25. The number of amides is 1. The molecule has 1 aromatic carbocycles. The van der Waals surface area contributed by atoms with Crippen LogP contribution in [0.1, 0.15) is 13.3 Å². The first-order valence-corrected chi connectivity index (χ1v) is 7.02. The van der Waals surface area contributed by atoms with E-state index in [0.717, 1.165) is 42.8 Å². The van der Waals surface area contributed by atoms with Crippen LogP contribution in [0.15, 0.2) is 30.5 Å². The molecule has 120 valence electrons. The average molecular weight is 343 g/mol. The molecule has 1 aromatic heterocycles. The van der Waals surface area contributed by atoms with Crippen LogP contribution in [0, 0.1) is 0 Å². The number of nitrogens with zero attached hydrogens (tertiary/aromatic N) is 4. The van der Waals surface area contributed by atoms with Crippen LogP contribution in [0.5, 0.6) is 0 Å². The predicted molar refractivity (Wildman–Crippen MR) is 93.1 cm³/mol. The molecule has 1 saturated heterocycles. The number of benzene rings is 1. The van der Waals surface area contributed by atoms with Gasteiger partial charge in [-0.2, -0.15) is 10.2 Å². The van der Waals surface area contributed by atoms with Crippen molar-refractivity contribution in [3.05, 3.63) is 30.5 Å². The van der Waals surface area contributed by atoms with Crippen molar-refractivity contribution >= 4 is 47.3 Å². The van der Waals surface area contributed by atoms with Crippen LogP contribution in [-0.2, 0) is 4.79 Å². The molecule has 1 amide bonds. The van der Waals surface area contributed by atoms with Crippen molar-refractivity contribution in [1.29, 1.82) is 0 Å². The number of aromatic nitrogens is 2. The lowest BCUT2D eigenvalue weighted by molar-refractivity contribution is -0.131. The molecule has 2 aromatic rings. The monoisotopic (exact) mass is 342 g/mol. The van der Waals surface area contributed by atoms with Gasteiger partial charge in [-0.1, -0.05) is 25.1 Å². The summed E-state index contributed by atoms with van der Waals surface area (Å²) in [6.45, 7) is 5.17. The molecule has 5 nitrogen and oxygen atoms in total. The first-order valence-electron chi connectivity index (χ1n) is 7.02. The predicted octanol–water partition coefficient (Wildman–Crippen LogP) is 2.53. The molecule has 0 radical (unpaired) electrons. The second kappa shape index (κ2) is 8.15. The largest absolute Gasteiger partial charge is 0.366 e. The summed E-state index contributed by atoms with van der Waals surface area (Å²) in [5.74, 6) is 0.238.